The summed E-state index contributed by atoms with van der Waals surface area (Å²) in [6.45, 7) is 0.553. The number of rotatable bonds is 6. The van der Waals surface area contributed by atoms with Crippen molar-refractivity contribution >= 4 is 0 Å². The van der Waals surface area contributed by atoms with Crippen LogP contribution in [0.5, 0.6) is 5.75 Å². The van der Waals surface area contributed by atoms with Crippen LogP contribution in [0.1, 0.15) is 24.5 Å². The van der Waals surface area contributed by atoms with E-state index in [2.05, 4.69) is 23.5 Å². The van der Waals surface area contributed by atoms with Crippen LogP contribution in [0.3, 0.4) is 0 Å². The number of aliphatic hydroxyl groups excluding tert-OH is 1. The normalized spacial score (nSPS) is 15.7. The maximum atomic E-state index is 10.1. The topological polar surface area (TPSA) is 41.5 Å². The second-order valence-corrected chi connectivity index (χ2v) is 5.54. The van der Waals surface area contributed by atoms with E-state index in [9.17, 15) is 5.11 Å². The van der Waals surface area contributed by atoms with E-state index in [0.29, 0.717) is 12.6 Å². The Bertz CT molecular complexity index is 590. The van der Waals surface area contributed by atoms with Gasteiger partial charge in [0.25, 0.3) is 0 Å². The van der Waals surface area contributed by atoms with Crippen molar-refractivity contribution in [2.24, 2.45) is 0 Å². The summed E-state index contributed by atoms with van der Waals surface area (Å²) in [6, 6.07) is 16.2. The van der Waals surface area contributed by atoms with Gasteiger partial charge in [-0.15, -0.1) is 0 Å². The van der Waals surface area contributed by atoms with Gasteiger partial charge in [0.15, 0.2) is 0 Å². The largest absolute Gasteiger partial charge is 0.490 e. The van der Waals surface area contributed by atoms with Crippen LogP contribution in [0.25, 0.3) is 11.1 Å². The minimum atomic E-state index is -0.479. The SMILES string of the molecule is CNCC(O)c1cccc(-c2ccc(OC3CC3)cc2)c1. The van der Waals surface area contributed by atoms with Crippen LogP contribution < -0.4 is 10.1 Å². The third-order valence-electron chi connectivity index (χ3n) is 3.68. The molecule has 3 nitrogen and oxygen atoms in total. The smallest absolute Gasteiger partial charge is 0.119 e. The van der Waals surface area contributed by atoms with Gasteiger partial charge >= 0.3 is 0 Å². The second-order valence-electron chi connectivity index (χ2n) is 5.54. The highest BCUT2D eigenvalue weighted by Crippen LogP contribution is 2.29. The number of benzene rings is 2. The Morgan fingerprint density at radius 2 is 1.90 bits per heavy atom. The van der Waals surface area contributed by atoms with Crippen LogP contribution in [0.4, 0.5) is 0 Å². The van der Waals surface area contributed by atoms with Gasteiger partial charge in [0.05, 0.1) is 12.2 Å². The lowest BCUT2D eigenvalue weighted by Crippen LogP contribution is -2.16. The van der Waals surface area contributed by atoms with Crippen LogP contribution >= 0.6 is 0 Å². The molecule has 0 amide bonds. The lowest BCUT2D eigenvalue weighted by atomic mass is 10.0. The number of nitrogens with one attached hydrogen (secondary N) is 1. The number of aliphatic hydroxyl groups is 1. The average Bonchev–Trinajstić information content (AvgIpc) is 3.32. The maximum Gasteiger partial charge on any atom is 0.119 e. The van der Waals surface area contributed by atoms with E-state index >= 15 is 0 Å². The van der Waals surface area contributed by atoms with Gasteiger partial charge in [-0.25, -0.2) is 0 Å². The predicted octanol–water partition coefficient (Wildman–Crippen LogP) is 3.15. The Morgan fingerprint density at radius 3 is 2.57 bits per heavy atom. The van der Waals surface area contributed by atoms with E-state index in [1.54, 1.807) is 0 Å². The quantitative estimate of drug-likeness (QED) is 0.855. The Hall–Kier alpha value is -1.84. The zero-order valence-corrected chi connectivity index (χ0v) is 12.3. The van der Waals surface area contributed by atoms with Crippen LogP contribution in [0, 0.1) is 0 Å². The average molecular weight is 283 g/mol. The van der Waals surface area contributed by atoms with E-state index in [1.165, 1.54) is 12.8 Å². The molecule has 110 valence electrons. The highest BCUT2D eigenvalue weighted by Gasteiger charge is 2.23. The molecule has 3 heteroatoms. The van der Waals surface area contributed by atoms with Crippen LogP contribution in [-0.4, -0.2) is 24.8 Å². The van der Waals surface area contributed by atoms with Gasteiger partial charge in [0.2, 0.25) is 0 Å². The van der Waals surface area contributed by atoms with E-state index in [-0.39, 0.29) is 0 Å². The fraction of sp³-hybridized carbons (Fsp3) is 0.333. The fourth-order valence-electron chi connectivity index (χ4n) is 2.34. The molecule has 1 atom stereocenters. The Labute approximate surface area is 125 Å². The summed E-state index contributed by atoms with van der Waals surface area (Å²) < 4.78 is 5.76. The van der Waals surface area contributed by atoms with Crippen molar-refractivity contribution < 1.29 is 9.84 Å². The molecule has 2 N–H and O–H groups in total. The zero-order chi connectivity index (χ0) is 14.7. The molecule has 1 unspecified atom stereocenters. The fourth-order valence-corrected chi connectivity index (χ4v) is 2.34. The molecule has 0 aromatic heterocycles. The first-order valence-corrected chi connectivity index (χ1v) is 7.46. The molecule has 0 aliphatic heterocycles. The van der Waals surface area contributed by atoms with E-state index in [1.807, 2.05) is 37.4 Å². The van der Waals surface area contributed by atoms with Gasteiger partial charge in [0.1, 0.15) is 5.75 Å². The molecule has 1 fully saturated rings. The first-order chi connectivity index (χ1) is 10.3. The minimum Gasteiger partial charge on any atom is -0.490 e. The van der Waals surface area contributed by atoms with Gasteiger partial charge in [-0.1, -0.05) is 30.3 Å². The lowest BCUT2D eigenvalue weighted by Gasteiger charge is -2.12. The lowest BCUT2D eigenvalue weighted by molar-refractivity contribution is 0.178. The van der Waals surface area contributed by atoms with E-state index in [0.717, 1.165) is 22.4 Å². The molecule has 2 aromatic carbocycles. The van der Waals surface area contributed by atoms with Crippen molar-refractivity contribution in [3.63, 3.8) is 0 Å². The molecule has 0 spiro atoms. The molecule has 1 saturated carbocycles. The minimum absolute atomic E-state index is 0.427. The van der Waals surface area contributed by atoms with Crippen molar-refractivity contribution in [2.75, 3.05) is 13.6 Å². The summed E-state index contributed by atoms with van der Waals surface area (Å²) >= 11 is 0. The zero-order valence-electron chi connectivity index (χ0n) is 12.3. The first-order valence-electron chi connectivity index (χ1n) is 7.46. The van der Waals surface area contributed by atoms with Crippen LogP contribution in [0.15, 0.2) is 48.5 Å². The van der Waals surface area contributed by atoms with Gasteiger partial charge in [-0.2, -0.15) is 0 Å². The Balaban J connectivity index is 1.77. The molecule has 0 heterocycles. The van der Waals surface area contributed by atoms with Crippen molar-refractivity contribution in [1.29, 1.82) is 0 Å². The maximum absolute atomic E-state index is 10.1. The Kier molecular flexibility index (Phi) is 4.23. The third-order valence-corrected chi connectivity index (χ3v) is 3.68. The summed E-state index contributed by atoms with van der Waals surface area (Å²) in [6.07, 6.45) is 2.30. The summed E-state index contributed by atoms with van der Waals surface area (Å²) in [5, 5.41) is 13.0. The molecule has 0 bridgehead atoms. The molecular formula is C18H21NO2. The highest BCUT2D eigenvalue weighted by atomic mass is 16.5. The van der Waals surface area contributed by atoms with E-state index in [4.69, 9.17) is 4.74 Å². The molecule has 0 saturated heterocycles. The first kappa shape index (κ1) is 14.1. The summed E-state index contributed by atoms with van der Waals surface area (Å²) in [5.41, 5.74) is 3.18. The number of likely N-dealkylation sites (N-methyl/N-ethyl adjacent to an activating group) is 1. The third kappa shape index (κ3) is 3.63. The number of hydrogen-bond acceptors (Lipinski definition) is 3. The van der Waals surface area contributed by atoms with Crippen LogP contribution in [0.2, 0.25) is 0 Å². The van der Waals surface area contributed by atoms with Crippen molar-refractivity contribution in [3.8, 4) is 16.9 Å². The van der Waals surface area contributed by atoms with Crippen molar-refractivity contribution in [2.45, 2.75) is 25.0 Å². The monoisotopic (exact) mass is 283 g/mol. The molecular weight excluding hydrogens is 262 g/mol. The highest BCUT2D eigenvalue weighted by molar-refractivity contribution is 5.65. The molecule has 2 aromatic rings. The second kappa shape index (κ2) is 6.29. The molecule has 1 aliphatic rings. The Morgan fingerprint density at radius 1 is 1.14 bits per heavy atom. The number of ether oxygens (including phenoxy) is 1. The summed E-state index contributed by atoms with van der Waals surface area (Å²) in [7, 11) is 1.84. The van der Waals surface area contributed by atoms with Gasteiger partial charge < -0.3 is 15.2 Å². The molecule has 21 heavy (non-hydrogen) atoms. The van der Waals surface area contributed by atoms with Crippen LogP contribution in [-0.2, 0) is 0 Å². The molecule has 3 rings (SSSR count). The van der Waals surface area contributed by atoms with Crippen molar-refractivity contribution in [1.82, 2.24) is 5.32 Å². The molecule has 1 aliphatic carbocycles. The summed E-state index contributed by atoms with van der Waals surface area (Å²) in [4.78, 5) is 0. The van der Waals surface area contributed by atoms with Crippen molar-refractivity contribution in [3.05, 3.63) is 54.1 Å². The number of hydrogen-bond donors (Lipinski definition) is 2. The summed E-state index contributed by atoms with van der Waals surface area (Å²) in [5.74, 6) is 0.938. The van der Waals surface area contributed by atoms with E-state index < -0.39 is 6.10 Å². The van der Waals surface area contributed by atoms with Gasteiger partial charge in [-0.3, -0.25) is 0 Å². The van der Waals surface area contributed by atoms with Gasteiger partial charge in [-0.05, 0) is 54.8 Å². The molecule has 0 radical (unpaired) electrons. The predicted molar refractivity (Wildman–Crippen MR) is 84.4 cm³/mol. The van der Waals surface area contributed by atoms with Gasteiger partial charge in [0, 0.05) is 6.54 Å². The standard InChI is InChI=1S/C18H21NO2/c1-19-12-18(20)15-4-2-3-14(11-15)13-5-7-16(8-6-13)21-17-9-10-17/h2-8,11,17-20H,9-10,12H2,1H3.